The number of pyridine rings is 1. The normalized spacial score (nSPS) is 14.4. The minimum absolute atomic E-state index is 0.101. The Kier molecular flexibility index (Phi) is 5.69. The van der Waals surface area contributed by atoms with Crippen molar-refractivity contribution in [2.24, 2.45) is 0 Å². The van der Waals surface area contributed by atoms with E-state index in [1.807, 2.05) is 36.9 Å². The van der Waals surface area contributed by atoms with Crippen molar-refractivity contribution in [1.82, 2.24) is 9.88 Å². The minimum Gasteiger partial charge on any atom is -0.371 e. The van der Waals surface area contributed by atoms with Crippen molar-refractivity contribution in [1.29, 1.82) is 0 Å². The highest BCUT2D eigenvalue weighted by Crippen LogP contribution is 2.32. The van der Waals surface area contributed by atoms with Gasteiger partial charge in [0.2, 0.25) is 0 Å². The molecule has 1 fully saturated rings. The zero-order valence-electron chi connectivity index (χ0n) is 15.6. The summed E-state index contributed by atoms with van der Waals surface area (Å²) in [6, 6.07) is 10.3. The molecular weight excluding hydrogens is 344 g/mol. The highest BCUT2D eigenvalue weighted by Gasteiger charge is 2.33. The van der Waals surface area contributed by atoms with Gasteiger partial charge in [-0.15, -0.1) is 0 Å². The molecular formula is C20H24N4O3. The third-order valence-electron chi connectivity index (χ3n) is 4.66. The van der Waals surface area contributed by atoms with Crippen LogP contribution in [0.5, 0.6) is 0 Å². The largest absolute Gasteiger partial charge is 0.371 e. The Balaban J connectivity index is 1.84. The first-order valence-electron chi connectivity index (χ1n) is 9.28. The highest BCUT2D eigenvalue weighted by atomic mass is 16.6. The second-order valence-corrected chi connectivity index (χ2v) is 6.84. The third kappa shape index (κ3) is 4.42. The van der Waals surface area contributed by atoms with E-state index in [1.165, 1.54) is 6.07 Å². The van der Waals surface area contributed by atoms with E-state index in [0.717, 1.165) is 25.0 Å². The maximum Gasteiger partial charge on any atom is 0.293 e. The maximum absolute atomic E-state index is 12.8. The summed E-state index contributed by atoms with van der Waals surface area (Å²) in [4.78, 5) is 30.1. The van der Waals surface area contributed by atoms with Gasteiger partial charge in [-0.3, -0.25) is 19.9 Å². The Hall–Kier alpha value is -2.96. The molecule has 142 valence electrons. The number of carbonyl (C=O) groups is 1. The number of hydrogen-bond acceptors (Lipinski definition) is 5. The number of hydrogen-bond donors (Lipinski definition) is 1. The molecule has 1 atom stereocenters. The molecule has 7 nitrogen and oxygen atoms in total. The van der Waals surface area contributed by atoms with Gasteiger partial charge in [0.1, 0.15) is 5.69 Å². The molecule has 1 aromatic carbocycles. The molecule has 1 amide bonds. The summed E-state index contributed by atoms with van der Waals surface area (Å²) in [6.07, 6.45) is 4.57. The quantitative estimate of drug-likeness (QED) is 0.558. The fraction of sp³-hybridized carbons (Fsp3) is 0.400. The van der Waals surface area contributed by atoms with E-state index in [0.29, 0.717) is 17.8 Å². The van der Waals surface area contributed by atoms with Crippen LogP contribution in [0.1, 0.15) is 55.2 Å². The van der Waals surface area contributed by atoms with Crippen molar-refractivity contribution < 1.29 is 9.72 Å². The van der Waals surface area contributed by atoms with Crippen molar-refractivity contribution >= 4 is 17.3 Å². The molecule has 27 heavy (non-hydrogen) atoms. The molecule has 1 saturated carbocycles. The Labute approximate surface area is 158 Å². The average molecular weight is 368 g/mol. The van der Waals surface area contributed by atoms with E-state index in [9.17, 15) is 14.9 Å². The Morgan fingerprint density at radius 3 is 2.74 bits per heavy atom. The number of rotatable bonds is 8. The van der Waals surface area contributed by atoms with Crippen LogP contribution >= 0.6 is 0 Å². The van der Waals surface area contributed by atoms with Crippen LogP contribution in [0.3, 0.4) is 0 Å². The summed E-state index contributed by atoms with van der Waals surface area (Å²) in [7, 11) is 0. The Morgan fingerprint density at radius 1 is 1.37 bits per heavy atom. The zero-order valence-corrected chi connectivity index (χ0v) is 15.6. The lowest BCUT2D eigenvalue weighted by Crippen LogP contribution is -2.33. The van der Waals surface area contributed by atoms with Gasteiger partial charge in [-0.25, -0.2) is 0 Å². The molecule has 2 aromatic rings. The predicted molar refractivity (Wildman–Crippen MR) is 104 cm³/mol. The summed E-state index contributed by atoms with van der Waals surface area (Å²) >= 11 is 0. The molecule has 1 aliphatic carbocycles. The lowest BCUT2D eigenvalue weighted by molar-refractivity contribution is -0.384. The first-order valence-corrected chi connectivity index (χ1v) is 9.28. The molecule has 1 N–H and O–H groups in total. The number of aromatic nitrogens is 1. The van der Waals surface area contributed by atoms with Gasteiger partial charge in [-0.1, -0.05) is 13.0 Å². The second kappa shape index (κ2) is 8.16. The molecule has 1 heterocycles. The first-order chi connectivity index (χ1) is 13.0. The lowest BCUT2D eigenvalue weighted by atomic mass is 10.1. The standard InChI is InChI=1S/C20H24N4O3/c1-3-12-23(16-8-9-16)20(25)15-7-10-18(19(13-15)24(26)27)22-14(2)17-6-4-5-11-21-17/h4-7,10-11,13-14,16,22H,3,8-9,12H2,1-2H3. The van der Waals surface area contributed by atoms with Gasteiger partial charge in [0.15, 0.2) is 0 Å². The van der Waals surface area contributed by atoms with Crippen LogP contribution in [0.2, 0.25) is 0 Å². The number of nitro groups is 1. The monoisotopic (exact) mass is 368 g/mol. The number of amides is 1. The average Bonchev–Trinajstić information content (AvgIpc) is 3.51. The summed E-state index contributed by atoms with van der Waals surface area (Å²) in [6.45, 7) is 4.59. The van der Waals surface area contributed by atoms with Crippen molar-refractivity contribution in [3.05, 3.63) is 64.0 Å². The van der Waals surface area contributed by atoms with E-state index in [1.54, 1.807) is 18.3 Å². The van der Waals surface area contributed by atoms with E-state index >= 15 is 0 Å². The predicted octanol–water partition coefficient (Wildman–Crippen LogP) is 4.18. The van der Waals surface area contributed by atoms with Crippen molar-refractivity contribution in [3.63, 3.8) is 0 Å². The van der Waals surface area contributed by atoms with Crippen LogP contribution < -0.4 is 5.32 Å². The highest BCUT2D eigenvalue weighted by molar-refractivity contribution is 5.96. The molecule has 0 radical (unpaired) electrons. The van der Waals surface area contributed by atoms with Crippen LogP contribution in [0.4, 0.5) is 11.4 Å². The molecule has 0 bridgehead atoms. The summed E-state index contributed by atoms with van der Waals surface area (Å²) in [5, 5.41) is 14.7. The zero-order chi connectivity index (χ0) is 19.4. The Morgan fingerprint density at radius 2 is 2.15 bits per heavy atom. The summed E-state index contributed by atoms with van der Waals surface area (Å²) < 4.78 is 0. The van der Waals surface area contributed by atoms with Gasteiger partial charge in [-0.2, -0.15) is 0 Å². The van der Waals surface area contributed by atoms with Gasteiger partial charge in [0, 0.05) is 30.4 Å². The fourth-order valence-corrected chi connectivity index (χ4v) is 3.12. The van der Waals surface area contributed by atoms with Gasteiger partial charge < -0.3 is 10.2 Å². The maximum atomic E-state index is 12.8. The second-order valence-electron chi connectivity index (χ2n) is 6.84. The van der Waals surface area contributed by atoms with E-state index in [4.69, 9.17) is 0 Å². The van der Waals surface area contributed by atoms with Crippen LogP contribution in [0, 0.1) is 10.1 Å². The molecule has 1 aromatic heterocycles. The SMILES string of the molecule is CCCN(C(=O)c1ccc(NC(C)c2ccccn2)c([N+](=O)[O-])c1)C1CC1. The molecule has 3 rings (SSSR count). The number of nitro benzene ring substituents is 1. The molecule has 1 unspecified atom stereocenters. The van der Waals surface area contributed by atoms with Crippen molar-refractivity contribution in [2.75, 3.05) is 11.9 Å². The lowest BCUT2D eigenvalue weighted by Gasteiger charge is -2.22. The molecule has 1 aliphatic rings. The summed E-state index contributed by atoms with van der Waals surface area (Å²) in [5.41, 5.74) is 1.42. The number of nitrogens with zero attached hydrogens (tertiary/aromatic N) is 3. The van der Waals surface area contributed by atoms with E-state index in [-0.39, 0.29) is 23.7 Å². The number of anilines is 1. The van der Waals surface area contributed by atoms with Crippen LogP contribution in [-0.4, -0.2) is 33.3 Å². The first kappa shape index (κ1) is 18.8. The number of nitrogens with one attached hydrogen (secondary N) is 1. The van der Waals surface area contributed by atoms with E-state index in [2.05, 4.69) is 10.3 Å². The molecule has 0 spiro atoms. The van der Waals surface area contributed by atoms with Gasteiger partial charge in [-0.05, 0) is 50.5 Å². The smallest absolute Gasteiger partial charge is 0.293 e. The molecule has 0 aliphatic heterocycles. The summed E-state index contributed by atoms with van der Waals surface area (Å²) in [5.74, 6) is -0.133. The van der Waals surface area contributed by atoms with Crippen LogP contribution in [0.15, 0.2) is 42.6 Å². The van der Waals surface area contributed by atoms with Gasteiger partial charge >= 0.3 is 0 Å². The van der Waals surface area contributed by atoms with Gasteiger partial charge in [0.05, 0.1) is 16.7 Å². The van der Waals surface area contributed by atoms with E-state index < -0.39 is 4.92 Å². The number of benzene rings is 1. The third-order valence-corrected chi connectivity index (χ3v) is 4.66. The van der Waals surface area contributed by atoms with Crippen LogP contribution in [-0.2, 0) is 0 Å². The Bertz CT molecular complexity index is 821. The molecule has 0 saturated heterocycles. The minimum atomic E-state index is -0.453. The number of carbonyl (C=O) groups excluding carboxylic acids is 1. The fourth-order valence-electron chi connectivity index (χ4n) is 3.12. The molecule has 7 heteroatoms. The van der Waals surface area contributed by atoms with Crippen molar-refractivity contribution in [2.45, 2.75) is 45.2 Å². The van der Waals surface area contributed by atoms with Crippen molar-refractivity contribution in [3.8, 4) is 0 Å². The van der Waals surface area contributed by atoms with Crippen LogP contribution in [0.25, 0.3) is 0 Å². The topological polar surface area (TPSA) is 88.4 Å². The van der Waals surface area contributed by atoms with Gasteiger partial charge in [0.25, 0.3) is 11.6 Å².